The van der Waals surface area contributed by atoms with Crippen LogP contribution in [0.25, 0.3) is 0 Å². The first kappa shape index (κ1) is 14.6. The van der Waals surface area contributed by atoms with Gasteiger partial charge in [0.1, 0.15) is 6.04 Å². The van der Waals surface area contributed by atoms with Crippen LogP contribution in [0.1, 0.15) is 38.7 Å². The molecule has 1 N–H and O–H groups in total. The number of anilines is 1. The summed E-state index contributed by atoms with van der Waals surface area (Å²) in [5.41, 5.74) is 2.09. The van der Waals surface area contributed by atoms with Gasteiger partial charge in [-0.05, 0) is 37.0 Å². The minimum absolute atomic E-state index is 0.0437. The van der Waals surface area contributed by atoms with E-state index in [0.717, 1.165) is 12.1 Å². The van der Waals surface area contributed by atoms with Gasteiger partial charge in [0, 0.05) is 5.69 Å². The van der Waals surface area contributed by atoms with Gasteiger partial charge < -0.3 is 5.32 Å². The molecule has 1 atom stereocenters. The third-order valence-corrected chi connectivity index (χ3v) is 3.72. The molecule has 2 amide bonds. The highest BCUT2D eigenvalue weighted by Gasteiger charge is 2.33. The minimum atomic E-state index is -0.391. The van der Waals surface area contributed by atoms with Gasteiger partial charge in [-0.25, -0.2) is 0 Å². The van der Waals surface area contributed by atoms with E-state index in [4.69, 9.17) is 0 Å². The van der Waals surface area contributed by atoms with E-state index in [-0.39, 0.29) is 18.4 Å². The molecule has 1 aromatic carbocycles. The molecule has 4 nitrogen and oxygen atoms in total. The highest BCUT2D eigenvalue weighted by Crippen LogP contribution is 2.22. The lowest BCUT2D eigenvalue weighted by Crippen LogP contribution is -2.58. The Morgan fingerprint density at radius 3 is 2.50 bits per heavy atom. The van der Waals surface area contributed by atoms with Gasteiger partial charge in [-0.15, -0.1) is 0 Å². The largest absolute Gasteiger partial charge is 0.345 e. The molecule has 4 heteroatoms. The molecule has 1 heterocycles. The molecule has 1 saturated heterocycles. The summed E-state index contributed by atoms with van der Waals surface area (Å²) in [7, 11) is 0. The highest BCUT2D eigenvalue weighted by molar-refractivity contribution is 6.06. The fourth-order valence-electron chi connectivity index (χ4n) is 2.55. The van der Waals surface area contributed by atoms with Gasteiger partial charge in [0.25, 0.3) is 0 Å². The number of amides is 2. The van der Waals surface area contributed by atoms with Crippen LogP contribution < -0.4 is 10.2 Å². The number of unbranched alkanes of at least 4 members (excludes halogenated alkanes) is 1. The second-order valence-corrected chi connectivity index (χ2v) is 5.18. The number of benzene rings is 1. The number of rotatable bonds is 5. The van der Waals surface area contributed by atoms with Crippen molar-refractivity contribution in [2.75, 3.05) is 11.4 Å². The first-order valence-electron chi connectivity index (χ1n) is 7.36. The van der Waals surface area contributed by atoms with Crippen molar-refractivity contribution in [1.29, 1.82) is 0 Å². The number of hydrogen-bond donors (Lipinski definition) is 1. The molecule has 0 bridgehead atoms. The number of hydrogen-bond acceptors (Lipinski definition) is 2. The Balaban J connectivity index is 2.19. The van der Waals surface area contributed by atoms with Gasteiger partial charge in [-0.1, -0.05) is 32.4 Å². The summed E-state index contributed by atoms with van der Waals surface area (Å²) < 4.78 is 0. The summed E-state index contributed by atoms with van der Waals surface area (Å²) in [5, 5.41) is 2.64. The van der Waals surface area contributed by atoms with Crippen molar-refractivity contribution in [1.82, 2.24) is 5.32 Å². The molecular weight excluding hydrogens is 252 g/mol. The third-order valence-electron chi connectivity index (χ3n) is 3.72. The second kappa shape index (κ2) is 6.55. The molecule has 1 aliphatic rings. The van der Waals surface area contributed by atoms with Gasteiger partial charge in [-0.2, -0.15) is 0 Å². The van der Waals surface area contributed by atoms with Gasteiger partial charge in [0.05, 0.1) is 6.54 Å². The van der Waals surface area contributed by atoms with Crippen LogP contribution >= 0.6 is 0 Å². The zero-order chi connectivity index (χ0) is 14.5. The van der Waals surface area contributed by atoms with Crippen LogP contribution in [0.3, 0.4) is 0 Å². The summed E-state index contributed by atoms with van der Waals surface area (Å²) >= 11 is 0. The molecule has 0 spiro atoms. The molecule has 0 radical (unpaired) electrons. The Bertz CT molecular complexity index is 482. The van der Waals surface area contributed by atoms with E-state index in [1.807, 2.05) is 19.1 Å². The van der Waals surface area contributed by atoms with Gasteiger partial charge in [0.15, 0.2) is 0 Å². The van der Waals surface area contributed by atoms with E-state index >= 15 is 0 Å². The van der Waals surface area contributed by atoms with Crippen LogP contribution in [-0.2, 0) is 16.0 Å². The quantitative estimate of drug-likeness (QED) is 0.895. The average molecular weight is 274 g/mol. The van der Waals surface area contributed by atoms with E-state index in [1.54, 1.807) is 4.90 Å². The fourth-order valence-corrected chi connectivity index (χ4v) is 2.55. The Hall–Kier alpha value is -1.84. The van der Waals surface area contributed by atoms with E-state index < -0.39 is 6.04 Å². The summed E-state index contributed by atoms with van der Waals surface area (Å²) in [6.07, 6.45) is 4.02. The molecule has 0 aliphatic carbocycles. The van der Waals surface area contributed by atoms with Crippen molar-refractivity contribution in [3.8, 4) is 0 Å². The van der Waals surface area contributed by atoms with Crippen LogP contribution in [0.2, 0.25) is 0 Å². The summed E-state index contributed by atoms with van der Waals surface area (Å²) in [5.74, 6) is -0.111. The number of nitrogens with one attached hydrogen (secondary N) is 1. The van der Waals surface area contributed by atoms with E-state index in [1.165, 1.54) is 18.4 Å². The first-order chi connectivity index (χ1) is 9.67. The van der Waals surface area contributed by atoms with E-state index in [9.17, 15) is 9.59 Å². The van der Waals surface area contributed by atoms with Crippen LogP contribution in [0.15, 0.2) is 24.3 Å². The molecule has 20 heavy (non-hydrogen) atoms. The number of aryl methyl sites for hydroxylation is 1. The number of carbonyl (C=O) groups is 2. The Labute approximate surface area is 120 Å². The monoisotopic (exact) mass is 274 g/mol. The van der Waals surface area contributed by atoms with Crippen LogP contribution in [-0.4, -0.2) is 24.4 Å². The van der Waals surface area contributed by atoms with Crippen molar-refractivity contribution in [3.63, 3.8) is 0 Å². The average Bonchev–Trinajstić information content (AvgIpc) is 2.48. The minimum Gasteiger partial charge on any atom is -0.345 e. The van der Waals surface area contributed by atoms with Crippen LogP contribution in [0, 0.1) is 0 Å². The van der Waals surface area contributed by atoms with Crippen molar-refractivity contribution in [3.05, 3.63) is 29.8 Å². The lowest BCUT2D eigenvalue weighted by Gasteiger charge is -2.34. The maximum absolute atomic E-state index is 12.1. The van der Waals surface area contributed by atoms with Crippen LogP contribution in [0.4, 0.5) is 5.69 Å². The summed E-state index contributed by atoms with van der Waals surface area (Å²) in [4.78, 5) is 25.6. The normalized spacial score (nSPS) is 19.1. The molecule has 0 aromatic heterocycles. The standard InChI is InChI=1S/C16H22N2O2/c1-3-5-6-12-7-9-13(10-8-12)18-14(4-2)16(20)17-11-15(18)19/h7-10,14H,3-6,11H2,1-2H3,(H,17,20). The zero-order valence-corrected chi connectivity index (χ0v) is 12.2. The molecule has 1 aromatic rings. The molecule has 0 saturated carbocycles. The molecule has 1 aliphatic heterocycles. The third kappa shape index (κ3) is 3.00. The lowest BCUT2D eigenvalue weighted by molar-refractivity contribution is -0.131. The summed E-state index contributed by atoms with van der Waals surface area (Å²) in [6.45, 7) is 4.18. The smallest absolute Gasteiger partial charge is 0.247 e. The number of nitrogens with zero attached hydrogens (tertiary/aromatic N) is 1. The molecule has 1 fully saturated rings. The predicted molar refractivity (Wildman–Crippen MR) is 79.6 cm³/mol. The fraction of sp³-hybridized carbons (Fsp3) is 0.500. The number of carbonyl (C=O) groups excluding carboxylic acids is 2. The Morgan fingerprint density at radius 2 is 1.90 bits per heavy atom. The maximum atomic E-state index is 12.1. The highest BCUT2D eigenvalue weighted by atomic mass is 16.2. The summed E-state index contributed by atoms with van der Waals surface area (Å²) in [6, 6.07) is 7.61. The van der Waals surface area contributed by atoms with Crippen molar-refractivity contribution < 1.29 is 9.59 Å². The van der Waals surface area contributed by atoms with Crippen molar-refractivity contribution in [2.24, 2.45) is 0 Å². The van der Waals surface area contributed by atoms with E-state index in [2.05, 4.69) is 24.4 Å². The van der Waals surface area contributed by atoms with Crippen molar-refractivity contribution >= 4 is 17.5 Å². The van der Waals surface area contributed by atoms with E-state index in [0.29, 0.717) is 6.42 Å². The van der Waals surface area contributed by atoms with Gasteiger partial charge in [-0.3, -0.25) is 14.5 Å². The van der Waals surface area contributed by atoms with Gasteiger partial charge in [0.2, 0.25) is 11.8 Å². The molecular formula is C16H22N2O2. The molecule has 108 valence electrons. The van der Waals surface area contributed by atoms with Crippen molar-refractivity contribution in [2.45, 2.75) is 45.6 Å². The first-order valence-corrected chi connectivity index (χ1v) is 7.36. The zero-order valence-electron chi connectivity index (χ0n) is 12.2. The SMILES string of the molecule is CCCCc1ccc(N2C(=O)CNC(=O)C2CC)cc1. The predicted octanol–water partition coefficient (Wildman–Crippen LogP) is 2.27. The van der Waals surface area contributed by atoms with Gasteiger partial charge >= 0.3 is 0 Å². The lowest BCUT2D eigenvalue weighted by atomic mass is 10.1. The Kier molecular flexibility index (Phi) is 4.77. The second-order valence-electron chi connectivity index (χ2n) is 5.18. The van der Waals surface area contributed by atoms with Crippen LogP contribution in [0.5, 0.6) is 0 Å². The topological polar surface area (TPSA) is 49.4 Å². The maximum Gasteiger partial charge on any atom is 0.247 e. The Morgan fingerprint density at radius 1 is 1.20 bits per heavy atom. The number of piperazine rings is 1. The molecule has 1 unspecified atom stereocenters. The molecule has 2 rings (SSSR count).